The van der Waals surface area contributed by atoms with Crippen molar-refractivity contribution in [3.05, 3.63) is 64.0 Å². The van der Waals surface area contributed by atoms with Gasteiger partial charge in [-0.1, -0.05) is 18.2 Å². The fourth-order valence-electron chi connectivity index (χ4n) is 1.89. The average molecular weight is 254 g/mol. The summed E-state index contributed by atoms with van der Waals surface area (Å²) in [5.74, 6) is 0.463. The molecule has 0 aromatic heterocycles. The number of hydrogen-bond donors (Lipinski definition) is 1. The number of benzene rings is 1. The van der Waals surface area contributed by atoms with E-state index in [1.807, 2.05) is 30.3 Å². The van der Waals surface area contributed by atoms with Crippen LogP contribution in [0.1, 0.15) is 6.42 Å². The third-order valence-corrected chi connectivity index (χ3v) is 2.81. The maximum atomic E-state index is 10.7. The van der Waals surface area contributed by atoms with Crippen LogP contribution in [0.3, 0.4) is 0 Å². The number of para-hydroxylation sites is 1. The van der Waals surface area contributed by atoms with E-state index in [9.17, 15) is 10.1 Å². The highest BCUT2D eigenvalue weighted by atomic mass is 16.6. The number of guanidine groups is 1. The van der Waals surface area contributed by atoms with Crippen molar-refractivity contribution >= 4 is 17.4 Å². The van der Waals surface area contributed by atoms with Gasteiger partial charge in [-0.15, -0.1) is 0 Å². The summed E-state index contributed by atoms with van der Waals surface area (Å²) in [5.41, 5.74) is 2.34. The van der Waals surface area contributed by atoms with Crippen molar-refractivity contribution in [3.8, 4) is 0 Å². The summed E-state index contributed by atoms with van der Waals surface area (Å²) in [5, 5.41) is 13.8. The number of allylic oxidation sites excluding steroid dienone is 4. The number of nitrogens with zero attached hydrogens (tertiary/aromatic N) is 3. The first kappa shape index (κ1) is 11.3. The number of rotatable bonds is 2. The van der Waals surface area contributed by atoms with Crippen LogP contribution >= 0.6 is 0 Å². The van der Waals surface area contributed by atoms with Crippen LogP contribution < -0.4 is 5.32 Å². The minimum Gasteiger partial charge on any atom is -0.324 e. The van der Waals surface area contributed by atoms with E-state index in [1.165, 1.54) is 6.08 Å². The minimum absolute atomic E-state index is 0.138. The number of nitro groups is 1. The van der Waals surface area contributed by atoms with Crippen molar-refractivity contribution in [1.29, 1.82) is 0 Å². The molecule has 1 N–H and O–H groups in total. The Balaban J connectivity index is 1.79. The average Bonchev–Trinajstić information content (AvgIpc) is 2.80. The Kier molecular flexibility index (Phi) is 2.68. The molecular formula is C13H10N4O2. The molecule has 0 amide bonds. The molecule has 3 rings (SSSR count). The predicted molar refractivity (Wildman–Crippen MR) is 72.7 cm³/mol. The highest BCUT2D eigenvalue weighted by molar-refractivity contribution is 6.16. The van der Waals surface area contributed by atoms with Crippen LogP contribution in [0.15, 0.2) is 63.9 Å². The lowest BCUT2D eigenvalue weighted by atomic mass is 10.1. The van der Waals surface area contributed by atoms with Crippen LogP contribution in [0.4, 0.5) is 5.69 Å². The Bertz CT molecular complexity index is 656. The maximum absolute atomic E-state index is 10.7. The standard InChI is InChI=1S/C13H10N4O2/c18-17(19)10-6-7-11-12(8-10)16-13(15-11)14-9-4-2-1-3-5-9/h1-7H,8H2,(H,14,15). The van der Waals surface area contributed by atoms with Gasteiger partial charge in [0.25, 0.3) is 5.70 Å². The monoisotopic (exact) mass is 254 g/mol. The van der Waals surface area contributed by atoms with E-state index >= 15 is 0 Å². The summed E-state index contributed by atoms with van der Waals surface area (Å²) in [6.45, 7) is 0. The van der Waals surface area contributed by atoms with E-state index in [0.29, 0.717) is 17.4 Å². The van der Waals surface area contributed by atoms with Gasteiger partial charge in [0.1, 0.15) is 0 Å². The van der Waals surface area contributed by atoms with Crippen molar-refractivity contribution in [3.63, 3.8) is 0 Å². The lowest BCUT2D eigenvalue weighted by Crippen LogP contribution is -2.10. The lowest BCUT2D eigenvalue weighted by molar-refractivity contribution is -0.426. The minimum atomic E-state index is -0.390. The smallest absolute Gasteiger partial charge is 0.252 e. The topological polar surface area (TPSA) is 79.9 Å². The Morgan fingerprint density at radius 3 is 2.68 bits per heavy atom. The molecule has 0 spiro atoms. The fraction of sp³-hybridized carbons (Fsp3) is 0.0769. The molecule has 1 aliphatic heterocycles. The van der Waals surface area contributed by atoms with Gasteiger partial charge in [-0.05, 0) is 18.2 Å². The zero-order valence-electron chi connectivity index (χ0n) is 9.91. The van der Waals surface area contributed by atoms with Crippen molar-refractivity contribution < 1.29 is 4.92 Å². The zero-order chi connectivity index (χ0) is 13.2. The molecule has 2 aliphatic rings. The molecule has 1 aliphatic carbocycles. The Morgan fingerprint density at radius 1 is 1.16 bits per heavy atom. The number of hydrogen-bond acceptors (Lipinski definition) is 5. The Labute approximate surface area is 109 Å². The Morgan fingerprint density at radius 2 is 1.95 bits per heavy atom. The molecule has 0 bridgehead atoms. The molecule has 0 saturated heterocycles. The molecule has 0 radical (unpaired) electrons. The molecule has 6 nitrogen and oxygen atoms in total. The summed E-state index contributed by atoms with van der Waals surface area (Å²) in [7, 11) is 0. The predicted octanol–water partition coefficient (Wildman–Crippen LogP) is 2.36. The summed E-state index contributed by atoms with van der Waals surface area (Å²) in [6, 6.07) is 9.54. The summed E-state index contributed by atoms with van der Waals surface area (Å²) < 4.78 is 0. The van der Waals surface area contributed by atoms with E-state index in [-0.39, 0.29) is 12.1 Å². The molecule has 1 aromatic rings. The van der Waals surface area contributed by atoms with Crippen molar-refractivity contribution in [1.82, 2.24) is 0 Å². The van der Waals surface area contributed by atoms with Crippen molar-refractivity contribution in [2.75, 3.05) is 5.32 Å². The van der Waals surface area contributed by atoms with Gasteiger partial charge in [0.05, 0.1) is 22.8 Å². The fourth-order valence-corrected chi connectivity index (χ4v) is 1.89. The van der Waals surface area contributed by atoms with E-state index in [4.69, 9.17) is 0 Å². The molecule has 94 valence electrons. The van der Waals surface area contributed by atoms with Gasteiger partial charge in [0.15, 0.2) is 0 Å². The van der Waals surface area contributed by atoms with Gasteiger partial charge in [-0.25, -0.2) is 9.98 Å². The summed E-state index contributed by atoms with van der Waals surface area (Å²) in [6.07, 6.45) is 3.31. The molecule has 0 saturated carbocycles. The number of aliphatic imine (C=N–C) groups is 2. The first-order valence-corrected chi connectivity index (χ1v) is 5.76. The molecule has 0 unspecified atom stereocenters. The second kappa shape index (κ2) is 4.49. The van der Waals surface area contributed by atoms with E-state index in [2.05, 4.69) is 15.3 Å². The van der Waals surface area contributed by atoms with Gasteiger partial charge in [0.2, 0.25) is 5.96 Å². The third kappa shape index (κ3) is 2.28. The molecule has 0 atom stereocenters. The maximum Gasteiger partial charge on any atom is 0.252 e. The van der Waals surface area contributed by atoms with Crippen LogP contribution in [0.5, 0.6) is 0 Å². The quantitative estimate of drug-likeness (QED) is 0.649. The lowest BCUT2D eigenvalue weighted by Gasteiger charge is -2.03. The molecule has 1 heterocycles. The van der Waals surface area contributed by atoms with Crippen LogP contribution in [0, 0.1) is 10.1 Å². The SMILES string of the molecule is O=[N+]([O-])C1=CC=C2N=C(Nc3ccccc3)N=C2C1. The second-order valence-electron chi connectivity index (χ2n) is 4.13. The van der Waals surface area contributed by atoms with E-state index in [0.717, 1.165) is 5.69 Å². The van der Waals surface area contributed by atoms with Crippen LogP contribution in [-0.4, -0.2) is 16.6 Å². The van der Waals surface area contributed by atoms with Gasteiger partial charge >= 0.3 is 0 Å². The van der Waals surface area contributed by atoms with E-state index < -0.39 is 4.92 Å². The van der Waals surface area contributed by atoms with Crippen LogP contribution in [0.25, 0.3) is 0 Å². The normalized spacial score (nSPS) is 16.8. The van der Waals surface area contributed by atoms with Gasteiger partial charge in [0, 0.05) is 11.8 Å². The summed E-state index contributed by atoms with van der Waals surface area (Å²) in [4.78, 5) is 18.9. The zero-order valence-corrected chi connectivity index (χ0v) is 9.91. The first-order valence-electron chi connectivity index (χ1n) is 5.76. The first-order chi connectivity index (χ1) is 9.22. The van der Waals surface area contributed by atoms with Crippen molar-refractivity contribution in [2.24, 2.45) is 9.98 Å². The molecule has 1 aromatic carbocycles. The van der Waals surface area contributed by atoms with Crippen LogP contribution in [-0.2, 0) is 0 Å². The van der Waals surface area contributed by atoms with Crippen LogP contribution in [0.2, 0.25) is 0 Å². The highest BCUT2D eigenvalue weighted by Crippen LogP contribution is 2.22. The summed E-state index contributed by atoms with van der Waals surface area (Å²) >= 11 is 0. The number of anilines is 1. The van der Waals surface area contributed by atoms with Gasteiger partial charge in [-0.3, -0.25) is 10.1 Å². The molecular weight excluding hydrogens is 244 g/mol. The van der Waals surface area contributed by atoms with Gasteiger partial charge < -0.3 is 5.32 Å². The van der Waals surface area contributed by atoms with Crippen molar-refractivity contribution in [2.45, 2.75) is 6.42 Å². The van der Waals surface area contributed by atoms with E-state index in [1.54, 1.807) is 6.08 Å². The number of nitrogens with one attached hydrogen (secondary N) is 1. The molecule has 0 fully saturated rings. The third-order valence-electron chi connectivity index (χ3n) is 2.81. The highest BCUT2D eigenvalue weighted by Gasteiger charge is 2.25. The molecule has 6 heteroatoms. The largest absolute Gasteiger partial charge is 0.324 e. The molecule has 19 heavy (non-hydrogen) atoms. The second-order valence-corrected chi connectivity index (χ2v) is 4.13. The Hall–Kier alpha value is -2.76. The number of fused-ring (bicyclic) bond motifs is 1. The van der Waals surface area contributed by atoms with Gasteiger partial charge in [-0.2, -0.15) is 0 Å².